The van der Waals surface area contributed by atoms with E-state index in [1.54, 1.807) is 5.32 Å². The molecule has 2 aliphatic heterocycles. The molecule has 2 heterocycles. The topological polar surface area (TPSA) is 134 Å². The second kappa shape index (κ2) is 12.6. The van der Waals surface area contributed by atoms with Gasteiger partial charge in [-0.25, -0.2) is 0 Å². The number of nitrogens with one attached hydrogen (secondary N) is 3. The van der Waals surface area contributed by atoms with Crippen molar-refractivity contribution in [2.24, 2.45) is 28.6 Å². The SMILES string of the molecule is CC(C)(C)[C@H](NC(=O)C(F)(F)F)C(=O)N1C[C@H]2[C@@H]([C@H]1C(=O)N[C@@H](C[C@@H]1CCNC1=O)C(=O)COc1cccc(C(F)(F)F)c1)C2(C)C. The number of fused-ring (bicyclic) bond motifs is 1. The standard InChI is InChI=1S/C31H38F6N4O6/c1-28(2,3)23(40-27(46)31(35,36)37)26(45)41-13-18-21(29(18,4)5)22(41)25(44)39-19(11-15-9-10-38-24(15)43)20(42)14-47-17-8-6-7-16(12-17)30(32,33)34/h6-8,12,15,18-19,21-23H,9-11,13-14H2,1-5H3,(H,38,43)(H,39,44)(H,40,46)/t15-,18-,19-,21-,22-,23+/m0/s1. The van der Waals surface area contributed by atoms with Crippen molar-refractivity contribution < 1.29 is 55.1 Å². The van der Waals surface area contributed by atoms with Crippen molar-refractivity contribution in [2.75, 3.05) is 19.7 Å². The molecule has 4 amide bonds. The van der Waals surface area contributed by atoms with Gasteiger partial charge in [0.1, 0.15) is 24.4 Å². The molecule has 2 saturated heterocycles. The van der Waals surface area contributed by atoms with Gasteiger partial charge in [0.15, 0.2) is 5.78 Å². The number of benzene rings is 1. The molecule has 3 N–H and O–H groups in total. The highest BCUT2D eigenvalue weighted by Crippen LogP contribution is 2.65. The molecule has 260 valence electrons. The Bertz CT molecular complexity index is 1420. The van der Waals surface area contributed by atoms with Gasteiger partial charge in [-0.05, 0) is 53.7 Å². The number of hydrogen-bond donors (Lipinski definition) is 3. The van der Waals surface area contributed by atoms with Crippen LogP contribution < -0.4 is 20.7 Å². The summed E-state index contributed by atoms with van der Waals surface area (Å²) in [6.07, 6.45) is -9.72. The molecule has 6 atom stereocenters. The van der Waals surface area contributed by atoms with Gasteiger partial charge in [-0.3, -0.25) is 24.0 Å². The molecule has 0 bridgehead atoms. The zero-order valence-corrected chi connectivity index (χ0v) is 26.5. The minimum absolute atomic E-state index is 0.0192. The molecular formula is C31H38F6N4O6. The van der Waals surface area contributed by atoms with E-state index in [1.807, 2.05) is 13.8 Å². The number of Topliss-reactive ketones (excluding diaryl/α,β-unsaturated/α-hetero) is 1. The number of alkyl halides is 6. The number of amides is 4. The summed E-state index contributed by atoms with van der Waals surface area (Å²) in [6.45, 7) is 7.73. The van der Waals surface area contributed by atoms with E-state index in [9.17, 15) is 50.3 Å². The summed E-state index contributed by atoms with van der Waals surface area (Å²) >= 11 is 0. The Morgan fingerprint density at radius 3 is 2.28 bits per heavy atom. The fourth-order valence-corrected chi connectivity index (χ4v) is 6.54. The number of rotatable bonds is 10. The summed E-state index contributed by atoms with van der Waals surface area (Å²) in [4.78, 5) is 66.5. The normalized spacial score (nSPS) is 24.9. The minimum atomic E-state index is -5.26. The van der Waals surface area contributed by atoms with Crippen LogP contribution in [0.5, 0.6) is 5.75 Å². The quantitative estimate of drug-likeness (QED) is 0.326. The number of likely N-dealkylation sites (tertiary alicyclic amines) is 1. The molecule has 1 aliphatic carbocycles. The number of nitrogens with zero attached hydrogens (tertiary/aromatic N) is 1. The maximum Gasteiger partial charge on any atom is 0.471 e. The lowest BCUT2D eigenvalue weighted by Gasteiger charge is -2.38. The minimum Gasteiger partial charge on any atom is -0.486 e. The Morgan fingerprint density at radius 2 is 1.72 bits per heavy atom. The summed E-state index contributed by atoms with van der Waals surface area (Å²) in [5.41, 5.74) is -2.61. The van der Waals surface area contributed by atoms with E-state index >= 15 is 0 Å². The maximum atomic E-state index is 13.9. The third-order valence-corrected chi connectivity index (χ3v) is 9.34. The lowest BCUT2D eigenvalue weighted by Crippen LogP contribution is -2.61. The highest BCUT2D eigenvalue weighted by Gasteiger charge is 2.70. The van der Waals surface area contributed by atoms with Crippen LogP contribution in [0.25, 0.3) is 0 Å². The molecule has 16 heteroatoms. The number of carbonyl (C=O) groups is 5. The predicted octanol–water partition coefficient (Wildman–Crippen LogP) is 3.24. The van der Waals surface area contributed by atoms with E-state index in [1.165, 1.54) is 26.8 Å². The molecule has 0 radical (unpaired) electrons. The summed E-state index contributed by atoms with van der Waals surface area (Å²) in [5, 5.41) is 7.01. The van der Waals surface area contributed by atoms with Gasteiger partial charge < -0.3 is 25.6 Å². The average molecular weight is 677 g/mol. The first kappa shape index (κ1) is 36.0. The Labute approximate surface area is 267 Å². The molecule has 1 saturated carbocycles. The second-order valence-electron chi connectivity index (χ2n) is 14.0. The largest absolute Gasteiger partial charge is 0.486 e. The van der Waals surface area contributed by atoms with Gasteiger partial charge in [-0.15, -0.1) is 0 Å². The van der Waals surface area contributed by atoms with E-state index in [4.69, 9.17) is 4.74 Å². The van der Waals surface area contributed by atoms with Crippen LogP contribution in [0, 0.1) is 28.6 Å². The number of halogens is 6. The Kier molecular flexibility index (Phi) is 9.68. The lowest BCUT2D eigenvalue weighted by molar-refractivity contribution is -0.176. The van der Waals surface area contributed by atoms with Gasteiger partial charge in [0.25, 0.3) is 0 Å². The van der Waals surface area contributed by atoms with Crippen LogP contribution in [0.1, 0.15) is 53.0 Å². The maximum absolute atomic E-state index is 13.9. The number of piperidine rings is 1. The predicted molar refractivity (Wildman–Crippen MR) is 153 cm³/mol. The molecule has 10 nitrogen and oxygen atoms in total. The van der Waals surface area contributed by atoms with Crippen LogP contribution in [-0.4, -0.2) is 78.3 Å². The van der Waals surface area contributed by atoms with Crippen LogP contribution in [0.4, 0.5) is 26.3 Å². The molecule has 1 aromatic rings. The highest BCUT2D eigenvalue weighted by molar-refractivity contribution is 5.97. The van der Waals surface area contributed by atoms with Crippen LogP contribution >= 0.6 is 0 Å². The zero-order valence-electron chi connectivity index (χ0n) is 26.5. The third-order valence-electron chi connectivity index (χ3n) is 9.34. The van der Waals surface area contributed by atoms with E-state index in [0.717, 1.165) is 17.0 Å². The first-order valence-corrected chi connectivity index (χ1v) is 15.1. The van der Waals surface area contributed by atoms with Gasteiger partial charge in [0, 0.05) is 19.0 Å². The molecule has 4 rings (SSSR count). The first-order chi connectivity index (χ1) is 21.5. The lowest BCUT2D eigenvalue weighted by atomic mass is 9.85. The first-order valence-electron chi connectivity index (χ1n) is 15.1. The molecule has 0 spiro atoms. The Morgan fingerprint density at radius 1 is 1.06 bits per heavy atom. The molecular weight excluding hydrogens is 638 g/mol. The molecule has 0 aromatic heterocycles. The average Bonchev–Trinajstić information content (AvgIpc) is 3.29. The third kappa shape index (κ3) is 7.83. The van der Waals surface area contributed by atoms with Crippen LogP contribution in [0.3, 0.4) is 0 Å². The summed E-state index contributed by atoms with van der Waals surface area (Å²) < 4.78 is 84.2. The number of hydrogen-bond acceptors (Lipinski definition) is 6. The Hall–Kier alpha value is -3.85. The van der Waals surface area contributed by atoms with E-state index in [-0.39, 0.29) is 30.5 Å². The van der Waals surface area contributed by atoms with Crippen LogP contribution in [0.2, 0.25) is 0 Å². The van der Waals surface area contributed by atoms with Crippen LogP contribution in [0.15, 0.2) is 24.3 Å². The van der Waals surface area contributed by atoms with E-state index < -0.39 is 88.8 Å². The van der Waals surface area contributed by atoms with Crippen molar-refractivity contribution in [3.8, 4) is 5.75 Å². The van der Waals surface area contributed by atoms with Gasteiger partial charge in [-0.1, -0.05) is 40.7 Å². The molecule has 3 fully saturated rings. The molecule has 0 unspecified atom stereocenters. The van der Waals surface area contributed by atoms with Crippen molar-refractivity contribution in [2.45, 2.75) is 77.9 Å². The molecule has 47 heavy (non-hydrogen) atoms. The zero-order chi connectivity index (χ0) is 35.3. The van der Waals surface area contributed by atoms with E-state index in [2.05, 4.69) is 10.6 Å². The number of ether oxygens (including phenoxy) is 1. The van der Waals surface area contributed by atoms with Gasteiger partial charge in [-0.2, -0.15) is 26.3 Å². The highest BCUT2D eigenvalue weighted by atomic mass is 19.4. The summed E-state index contributed by atoms with van der Waals surface area (Å²) in [7, 11) is 0. The number of carbonyl (C=O) groups excluding carboxylic acids is 5. The van der Waals surface area contributed by atoms with Crippen molar-refractivity contribution in [1.82, 2.24) is 20.9 Å². The summed E-state index contributed by atoms with van der Waals surface area (Å²) in [6, 6.07) is -0.334. The number of ketones is 1. The Balaban J connectivity index is 1.57. The monoisotopic (exact) mass is 676 g/mol. The van der Waals surface area contributed by atoms with Crippen molar-refractivity contribution >= 4 is 29.4 Å². The fraction of sp³-hybridized carbons (Fsp3) is 0.645. The van der Waals surface area contributed by atoms with Gasteiger partial charge in [0.05, 0.1) is 11.6 Å². The second-order valence-corrected chi connectivity index (χ2v) is 14.0. The molecule has 1 aromatic carbocycles. The van der Waals surface area contributed by atoms with Gasteiger partial charge >= 0.3 is 18.3 Å². The summed E-state index contributed by atoms with van der Waals surface area (Å²) in [5.74, 6) is -6.64. The van der Waals surface area contributed by atoms with Crippen molar-refractivity contribution in [3.05, 3.63) is 29.8 Å². The molecule has 3 aliphatic rings. The van der Waals surface area contributed by atoms with Crippen LogP contribution in [-0.2, 0) is 30.1 Å². The van der Waals surface area contributed by atoms with E-state index in [0.29, 0.717) is 19.0 Å². The van der Waals surface area contributed by atoms with Crippen molar-refractivity contribution in [1.29, 1.82) is 0 Å². The fourth-order valence-electron chi connectivity index (χ4n) is 6.54. The van der Waals surface area contributed by atoms with Gasteiger partial charge in [0.2, 0.25) is 17.7 Å². The van der Waals surface area contributed by atoms with Crippen molar-refractivity contribution in [3.63, 3.8) is 0 Å². The smallest absolute Gasteiger partial charge is 0.471 e.